The van der Waals surface area contributed by atoms with Crippen LogP contribution in [-0.4, -0.2) is 9.91 Å². The van der Waals surface area contributed by atoms with E-state index in [9.17, 15) is 18.9 Å². The van der Waals surface area contributed by atoms with Crippen LogP contribution in [-0.2, 0) is 5.33 Å². The number of aromatic nitrogens is 1. The molecule has 1 rings (SSSR count). The van der Waals surface area contributed by atoms with E-state index in [4.69, 9.17) is 5.26 Å². The highest BCUT2D eigenvalue weighted by atomic mass is 79.9. The maximum absolute atomic E-state index is 12.4. The van der Waals surface area contributed by atoms with Crippen molar-refractivity contribution in [2.24, 2.45) is 0 Å². The van der Waals surface area contributed by atoms with Gasteiger partial charge in [-0.3, -0.25) is 15.1 Å². The summed E-state index contributed by atoms with van der Waals surface area (Å²) in [6.45, 7) is 0. The van der Waals surface area contributed by atoms with E-state index in [-0.39, 0.29) is 10.9 Å². The van der Waals surface area contributed by atoms with Crippen molar-refractivity contribution in [1.29, 1.82) is 5.26 Å². The molecule has 1 aromatic heterocycles. The van der Waals surface area contributed by atoms with Gasteiger partial charge in [-0.05, 0) is 0 Å². The van der Waals surface area contributed by atoms with Gasteiger partial charge in [-0.15, -0.1) is 0 Å². The quantitative estimate of drug-likeness (QED) is 0.487. The molecule has 0 amide bonds. The maximum atomic E-state index is 12.4. The van der Waals surface area contributed by atoms with Gasteiger partial charge < -0.3 is 0 Å². The molecule has 0 aliphatic carbocycles. The Labute approximate surface area is 97.0 Å². The minimum Gasteiger partial charge on any atom is -0.258 e. The molecule has 0 fully saturated rings. The molecular formula is C8H4BrF2N3O2. The molecule has 84 valence electrons. The number of rotatable bonds is 3. The first-order valence-electron chi connectivity index (χ1n) is 3.93. The monoisotopic (exact) mass is 291 g/mol. The number of pyridine rings is 1. The lowest BCUT2D eigenvalue weighted by Gasteiger charge is -2.05. The van der Waals surface area contributed by atoms with Gasteiger partial charge in [0, 0.05) is 11.5 Å². The Bertz CT molecular complexity index is 473. The Hall–Kier alpha value is -1.62. The zero-order valence-electron chi connectivity index (χ0n) is 7.65. The van der Waals surface area contributed by atoms with E-state index >= 15 is 0 Å². The summed E-state index contributed by atoms with van der Waals surface area (Å²) in [4.78, 5) is 13.2. The molecule has 8 heteroatoms. The highest BCUT2D eigenvalue weighted by Gasteiger charge is 2.27. The highest BCUT2D eigenvalue weighted by Crippen LogP contribution is 2.31. The lowest BCUT2D eigenvalue weighted by Crippen LogP contribution is -2.04. The summed E-state index contributed by atoms with van der Waals surface area (Å²) in [7, 11) is 0. The van der Waals surface area contributed by atoms with Crippen LogP contribution in [0.4, 0.5) is 14.5 Å². The van der Waals surface area contributed by atoms with Crippen LogP contribution in [0.1, 0.15) is 23.2 Å². The average molecular weight is 292 g/mol. The van der Waals surface area contributed by atoms with Crippen molar-refractivity contribution in [2.75, 3.05) is 0 Å². The first kappa shape index (κ1) is 12.4. The lowest BCUT2D eigenvalue weighted by molar-refractivity contribution is -0.385. The summed E-state index contributed by atoms with van der Waals surface area (Å²) in [6.07, 6.45) is -2.05. The lowest BCUT2D eigenvalue weighted by atomic mass is 10.1. The molecule has 16 heavy (non-hydrogen) atoms. The van der Waals surface area contributed by atoms with Gasteiger partial charge in [0.15, 0.2) is 5.56 Å². The Morgan fingerprint density at radius 2 is 2.31 bits per heavy atom. The van der Waals surface area contributed by atoms with Crippen molar-refractivity contribution in [3.63, 3.8) is 0 Å². The number of halogens is 3. The van der Waals surface area contributed by atoms with Gasteiger partial charge in [-0.1, -0.05) is 15.9 Å². The van der Waals surface area contributed by atoms with Crippen molar-refractivity contribution in [3.8, 4) is 6.07 Å². The fourth-order valence-corrected chi connectivity index (χ4v) is 1.55. The van der Waals surface area contributed by atoms with Gasteiger partial charge in [0.05, 0.1) is 10.5 Å². The van der Waals surface area contributed by atoms with Crippen LogP contribution in [0.25, 0.3) is 0 Å². The fourth-order valence-electron chi connectivity index (χ4n) is 1.14. The van der Waals surface area contributed by atoms with Crippen molar-refractivity contribution < 1.29 is 13.7 Å². The van der Waals surface area contributed by atoms with Crippen LogP contribution in [0.3, 0.4) is 0 Å². The second-order valence-corrected chi connectivity index (χ2v) is 3.26. The molecule has 5 nitrogen and oxygen atoms in total. The predicted molar refractivity (Wildman–Crippen MR) is 53.2 cm³/mol. The summed E-state index contributed by atoms with van der Waals surface area (Å²) in [5.41, 5.74) is -2.08. The molecule has 0 N–H and O–H groups in total. The van der Waals surface area contributed by atoms with Crippen molar-refractivity contribution in [2.45, 2.75) is 11.8 Å². The van der Waals surface area contributed by atoms with Crippen LogP contribution in [0, 0.1) is 21.4 Å². The number of nitriles is 1. The SMILES string of the molecule is N#Cc1c(C(F)F)ncc(CBr)c1[N+](=O)[O-]. The molecule has 0 aromatic carbocycles. The van der Waals surface area contributed by atoms with Crippen molar-refractivity contribution in [3.05, 3.63) is 33.1 Å². The molecule has 0 saturated heterocycles. The zero-order valence-corrected chi connectivity index (χ0v) is 9.24. The Kier molecular flexibility index (Phi) is 3.84. The molecule has 1 aromatic rings. The van der Waals surface area contributed by atoms with Gasteiger partial charge in [0.1, 0.15) is 11.8 Å². The molecular weight excluding hydrogens is 288 g/mol. The highest BCUT2D eigenvalue weighted by molar-refractivity contribution is 9.08. The molecule has 0 saturated carbocycles. The van der Waals surface area contributed by atoms with Gasteiger partial charge in [-0.2, -0.15) is 5.26 Å². The van der Waals surface area contributed by atoms with Crippen molar-refractivity contribution >= 4 is 21.6 Å². The minimum absolute atomic E-state index is 0.0640. The van der Waals surface area contributed by atoms with Crippen LogP contribution in [0.15, 0.2) is 6.20 Å². The molecule has 0 radical (unpaired) electrons. The Morgan fingerprint density at radius 3 is 2.69 bits per heavy atom. The summed E-state index contributed by atoms with van der Waals surface area (Å²) >= 11 is 2.96. The largest absolute Gasteiger partial charge is 0.294 e. The van der Waals surface area contributed by atoms with E-state index in [1.54, 1.807) is 0 Å². The summed E-state index contributed by atoms with van der Waals surface area (Å²) in [5, 5.41) is 19.4. The molecule has 0 aliphatic heterocycles. The Morgan fingerprint density at radius 1 is 1.69 bits per heavy atom. The molecule has 0 spiro atoms. The van der Waals surface area contributed by atoms with E-state index in [1.807, 2.05) is 0 Å². The third-order valence-electron chi connectivity index (χ3n) is 1.80. The standard InChI is InChI=1S/C8H4BrF2N3O2/c9-1-4-3-13-6(8(10)11)5(2-12)7(4)14(15)16/h3,8H,1H2. The number of hydrogen-bond donors (Lipinski definition) is 0. The van der Waals surface area contributed by atoms with Crippen LogP contribution < -0.4 is 0 Å². The maximum Gasteiger partial charge on any atom is 0.294 e. The summed E-state index contributed by atoms with van der Waals surface area (Å²) in [5.74, 6) is 0. The van der Waals surface area contributed by atoms with E-state index in [0.29, 0.717) is 0 Å². The summed E-state index contributed by atoms with van der Waals surface area (Å²) < 4.78 is 24.9. The normalized spacial score (nSPS) is 10.2. The molecule has 0 aliphatic rings. The number of nitro groups is 1. The number of hydrogen-bond acceptors (Lipinski definition) is 4. The smallest absolute Gasteiger partial charge is 0.258 e. The zero-order chi connectivity index (χ0) is 12.3. The molecule has 0 bridgehead atoms. The Balaban J connectivity index is 3.58. The number of alkyl halides is 3. The van der Waals surface area contributed by atoms with E-state index < -0.39 is 28.3 Å². The second-order valence-electron chi connectivity index (χ2n) is 2.70. The summed E-state index contributed by atoms with van der Waals surface area (Å²) in [6, 6.07) is 1.40. The van der Waals surface area contributed by atoms with Crippen LogP contribution >= 0.6 is 15.9 Å². The van der Waals surface area contributed by atoms with Gasteiger partial charge in [0.2, 0.25) is 0 Å². The fraction of sp³-hybridized carbons (Fsp3) is 0.250. The third kappa shape index (κ3) is 2.14. The van der Waals surface area contributed by atoms with Gasteiger partial charge in [-0.25, -0.2) is 8.78 Å². The molecule has 0 unspecified atom stereocenters. The predicted octanol–water partition coefficient (Wildman–Crippen LogP) is 2.69. The third-order valence-corrected chi connectivity index (χ3v) is 2.41. The molecule has 1 heterocycles. The van der Waals surface area contributed by atoms with Gasteiger partial charge in [0.25, 0.3) is 12.1 Å². The van der Waals surface area contributed by atoms with Gasteiger partial charge >= 0.3 is 0 Å². The van der Waals surface area contributed by atoms with Crippen molar-refractivity contribution in [1.82, 2.24) is 4.98 Å². The van der Waals surface area contributed by atoms with E-state index in [1.165, 1.54) is 6.07 Å². The van der Waals surface area contributed by atoms with E-state index in [2.05, 4.69) is 20.9 Å². The first-order chi connectivity index (χ1) is 7.52. The minimum atomic E-state index is -3.02. The van der Waals surface area contributed by atoms with Crippen LogP contribution in [0.5, 0.6) is 0 Å². The topological polar surface area (TPSA) is 79.8 Å². The number of nitrogens with zero attached hydrogens (tertiary/aromatic N) is 3. The van der Waals surface area contributed by atoms with Crippen LogP contribution in [0.2, 0.25) is 0 Å². The molecule has 0 atom stereocenters. The van der Waals surface area contributed by atoms with E-state index in [0.717, 1.165) is 6.20 Å². The second kappa shape index (κ2) is 4.94. The average Bonchev–Trinajstić information content (AvgIpc) is 2.26. The first-order valence-corrected chi connectivity index (χ1v) is 5.05.